The van der Waals surface area contributed by atoms with Crippen molar-refractivity contribution >= 4 is 32.6 Å². The largest absolute Gasteiger partial charge is 0.379 e. The second kappa shape index (κ2) is 9.25. The number of para-hydroxylation sites is 1. The number of aromatic nitrogens is 5. The van der Waals surface area contributed by atoms with E-state index < -0.39 is 0 Å². The zero-order valence-corrected chi connectivity index (χ0v) is 18.2. The molecule has 0 bridgehead atoms. The average Bonchev–Trinajstić information content (AvgIpc) is 3.45. The van der Waals surface area contributed by atoms with Gasteiger partial charge in [-0.1, -0.05) is 23.5 Å². The van der Waals surface area contributed by atoms with E-state index in [1.807, 2.05) is 23.1 Å². The normalized spacial score (nSPS) is 18.1. The van der Waals surface area contributed by atoms with Gasteiger partial charge >= 0.3 is 0 Å². The number of ether oxygens (including phenoxy) is 1. The number of thiazole rings is 1. The van der Waals surface area contributed by atoms with Gasteiger partial charge in [-0.3, -0.25) is 9.69 Å². The maximum Gasteiger partial charge on any atom is 0.224 e. The summed E-state index contributed by atoms with van der Waals surface area (Å²) in [6.07, 6.45) is 0.405. The molecule has 3 aromatic rings. The molecule has 31 heavy (non-hydrogen) atoms. The molecular formula is C20H26N8O2S. The maximum absolute atomic E-state index is 12.8. The zero-order chi connectivity index (χ0) is 21.0. The number of aryl methyl sites for hydroxylation is 1. The highest BCUT2D eigenvalue weighted by molar-refractivity contribution is 7.22. The molecule has 0 spiro atoms. The van der Waals surface area contributed by atoms with Crippen LogP contribution >= 0.6 is 11.3 Å². The third kappa shape index (κ3) is 4.68. The van der Waals surface area contributed by atoms with E-state index in [0.29, 0.717) is 32.6 Å². The zero-order valence-electron chi connectivity index (χ0n) is 17.4. The van der Waals surface area contributed by atoms with Gasteiger partial charge in [0.15, 0.2) is 11.0 Å². The lowest BCUT2D eigenvalue weighted by Crippen LogP contribution is -2.49. The summed E-state index contributed by atoms with van der Waals surface area (Å²) < 4.78 is 8.34. The molecule has 1 aromatic carbocycles. The highest BCUT2D eigenvalue weighted by Crippen LogP contribution is 2.29. The average molecular weight is 443 g/mol. The van der Waals surface area contributed by atoms with Gasteiger partial charge in [0.05, 0.1) is 36.5 Å². The van der Waals surface area contributed by atoms with Crippen molar-refractivity contribution in [2.75, 3.05) is 57.4 Å². The number of anilines is 1. The molecule has 2 saturated heterocycles. The minimum absolute atomic E-state index is 0.150. The number of carbonyl (C=O) groups excluding carboxylic acids is 1. The number of hydrogen-bond donors (Lipinski definition) is 0. The van der Waals surface area contributed by atoms with Crippen molar-refractivity contribution in [3.8, 4) is 0 Å². The van der Waals surface area contributed by atoms with E-state index in [9.17, 15) is 4.79 Å². The fourth-order valence-corrected chi connectivity index (χ4v) is 4.99. The Balaban J connectivity index is 1.12. The molecule has 0 N–H and O–H groups in total. The van der Waals surface area contributed by atoms with E-state index >= 15 is 0 Å². The quantitative estimate of drug-likeness (QED) is 0.555. The topological polar surface area (TPSA) is 92.5 Å². The van der Waals surface area contributed by atoms with Crippen LogP contribution in [0.5, 0.6) is 0 Å². The van der Waals surface area contributed by atoms with E-state index in [-0.39, 0.29) is 5.91 Å². The van der Waals surface area contributed by atoms with Crippen molar-refractivity contribution in [2.45, 2.75) is 19.5 Å². The number of hydrogen-bond acceptors (Lipinski definition) is 9. The molecule has 0 saturated carbocycles. The molecule has 10 nitrogen and oxygen atoms in total. The second-order valence-corrected chi connectivity index (χ2v) is 8.80. The summed E-state index contributed by atoms with van der Waals surface area (Å²) in [4.78, 5) is 24.0. The Kier molecular flexibility index (Phi) is 6.05. The number of piperazine rings is 1. The van der Waals surface area contributed by atoms with Crippen molar-refractivity contribution in [3.63, 3.8) is 0 Å². The summed E-state index contributed by atoms with van der Waals surface area (Å²) in [7, 11) is 0. The highest BCUT2D eigenvalue weighted by Gasteiger charge is 2.23. The van der Waals surface area contributed by atoms with Crippen LogP contribution in [0, 0.1) is 0 Å². The Morgan fingerprint density at radius 2 is 1.87 bits per heavy atom. The van der Waals surface area contributed by atoms with Gasteiger partial charge in [-0.2, -0.15) is 0 Å². The van der Waals surface area contributed by atoms with Crippen LogP contribution in [0.15, 0.2) is 24.3 Å². The standard InChI is InChI=1S/C20H26N8O2S/c29-19(5-6-28-18(22-23-24-28)15-25-11-13-30-14-12-25)26-7-9-27(10-8-26)20-21-16-3-1-2-4-17(16)31-20/h1-4H,5-15H2. The summed E-state index contributed by atoms with van der Waals surface area (Å²) >= 11 is 1.71. The van der Waals surface area contributed by atoms with Crippen LogP contribution in [-0.2, 0) is 22.6 Å². The lowest BCUT2D eigenvalue weighted by atomic mass is 10.3. The Morgan fingerprint density at radius 1 is 1.06 bits per heavy atom. The van der Waals surface area contributed by atoms with Gasteiger partial charge in [-0.05, 0) is 22.6 Å². The fourth-order valence-electron chi connectivity index (χ4n) is 3.97. The number of nitrogens with zero attached hydrogens (tertiary/aromatic N) is 8. The second-order valence-electron chi connectivity index (χ2n) is 7.79. The summed E-state index contributed by atoms with van der Waals surface area (Å²) in [5.41, 5.74) is 1.04. The summed E-state index contributed by atoms with van der Waals surface area (Å²) in [6.45, 7) is 7.46. The molecule has 2 aliphatic heterocycles. The first-order valence-corrected chi connectivity index (χ1v) is 11.5. The smallest absolute Gasteiger partial charge is 0.224 e. The maximum atomic E-state index is 12.8. The molecular weight excluding hydrogens is 416 g/mol. The van der Waals surface area contributed by atoms with Crippen molar-refractivity contribution in [1.29, 1.82) is 0 Å². The monoisotopic (exact) mass is 442 g/mol. The van der Waals surface area contributed by atoms with Gasteiger partial charge in [-0.15, -0.1) is 5.10 Å². The first-order chi connectivity index (χ1) is 15.3. The Bertz CT molecular complexity index is 990. The number of fused-ring (bicyclic) bond motifs is 1. The lowest BCUT2D eigenvalue weighted by Gasteiger charge is -2.34. The molecule has 164 valence electrons. The molecule has 4 heterocycles. The summed E-state index contributed by atoms with van der Waals surface area (Å²) in [5, 5.41) is 13.1. The van der Waals surface area contributed by atoms with Crippen LogP contribution in [-0.4, -0.2) is 93.4 Å². The van der Waals surface area contributed by atoms with Crippen LogP contribution in [0.2, 0.25) is 0 Å². The fraction of sp³-hybridized carbons (Fsp3) is 0.550. The van der Waals surface area contributed by atoms with Crippen molar-refractivity contribution in [1.82, 2.24) is 35.0 Å². The van der Waals surface area contributed by atoms with Gasteiger partial charge in [-0.25, -0.2) is 9.67 Å². The van der Waals surface area contributed by atoms with Crippen LogP contribution in [0.3, 0.4) is 0 Å². The molecule has 5 rings (SSSR count). The first kappa shape index (κ1) is 20.3. The highest BCUT2D eigenvalue weighted by atomic mass is 32.1. The Morgan fingerprint density at radius 3 is 2.68 bits per heavy atom. The molecule has 0 unspecified atom stereocenters. The van der Waals surface area contributed by atoms with E-state index in [0.717, 1.165) is 55.9 Å². The number of morpholine rings is 1. The van der Waals surface area contributed by atoms with Crippen LogP contribution in [0.1, 0.15) is 12.2 Å². The van der Waals surface area contributed by atoms with Gasteiger partial charge in [0, 0.05) is 45.7 Å². The number of tetrazole rings is 1. The van der Waals surface area contributed by atoms with Gasteiger partial charge in [0.2, 0.25) is 5.91 Å². The molecule has 0 radical (unpaired) electrons. The molecule has 2 aliphatic rings. The molecule has 2 fully saturated rings. The number of carbonyl (C=O) groups is 1. The van der Waals surface area contributed by atoms with E-state index in [2.05, 4.69) is 31.4 Å². The molecule has 1 amide bonds. The molecule has 0 atom stereocenters. The van der Waals surface area contributed by atoms with E-state index in [1.165, 1.54) is 4.70 Å². The van der Waals surface area contributed by atoms with Crippen LogP contribution in [0.25, 0.3) is 10.2 Å². The minimum Gasteiger partial charge on any atom is -0.379 e. The third-order valence-electron chi connectivity index (χ3n) is 5.80. The number of benzene rings is 1. The third-order valence-corrected chi connectivity index (χ3v) is 6.89. The Labute approximate surface area is 184 Å². The van der Waals surface area contributed by atoms with Crippen molar-refractivity contribution in [2.24, 2.45) is 0 Å². The summed E-state index contributed by atoms with van der Waals surface area (Å²) in [5.74, 6) is 0.951. The summed E-state index contributed by atoms with van der Waals surface area (Å²) in [6, 6.07) is 8.20. The molecule has 11 heteroatoms. The van der Waals surface area contributed by atoms with E-state index in [1.54, 1.807) is 16.0 Å². The Hall–Kier alpha value is -2.63. The van der Waals surface area contributed by atoms with Crippen molar-refractivity contribution < 1.29 is 9.53 Å². The van der Waals surface area contributed by atoms with Gasteiger partial charge < -0.3 is 14.5 Å². The first-order valence-electron chi connectivity index (χ1n) is 10.7. The molecule has 0 aliphatic carbocycles. The van der Waals surface area contributed by atoms with Crippen LogP contribution in [0.4, 0.5) is 5.13 Å². The van der Waals surface area contributed by atoms with Crippen molar-refractivity contribution in [3.05, 3.63) is 30.1 Å². The number of rotatable bonds is 6. The van der Waals surface area contributed by atoms with Gasteiger partial charge in [0.1, 0.15) is 0 Å². The predicted octanol–water partition coefficient (Wildman–Crippen LogP) is 0.854. The lowest BCUT2D eigenvalue weighted by molar-refractivity contribution is -0.131. The van der Waals surface area contributed by atoms with Gasteiger partial charge in [0.25, 0.3) is 0 Å². The minimum atomic E-state index is 0.150. The predicted molar refractivity (Wildman–Crippen MR) is 117 cm³/mol. The SMILES string of the molecule is O=C(CCn1nnnc1CN1CCOCC1)N1CCN(c2nc3ccccc3s2)CC1. The number of amides is 1. The van der Waals surface area contributed by atoms with Crippen LogP contribution < -0.4 is 4.90 Å². The molecule has 2 aromatic heterocycles. The van der Waals surface area contributed by atoms with E-state index in [4.69, 9.17) is 9.72 Å².